The summed E-state index contributed by atoms with van der Waals surface area (Å²) in [6.07, 6.45) is 30.4. The Morgan fingerprint density at radius 1 is 0.462 bits per heavy atom. The molecule has 2 aromatic carbocycles. The summed E-state index contributed by atoms with van der Waals surface area (Å²) < 4.78 is 6.02. The Balaban J connectivity index is 1.39. The van der Waals surface area contributed by atoms with Gasteiger partial charge in [0, 0.05) is 55.0 Å². The van der Waals surface area contributed by atoms with Crippen LogP contribution >= 0.6 is 45.3 Å². The van der Waals surface area contributed by atoms with E-state index in [2.05, 4.69) is 69.5 Å². The summed E-state index contributed by atoms with van der Waals surface area (Å²) in [6.45, 7) is 9.38. The molecular weight excluding hydrogens is 709 g/mol. The second-order valence-corrected chi connectivity index (χ2v) is 19.3. The van der Waals surface area contributed by atoms with Crippen LogP contribution in [0.5, 0.6) is 0 Å². The average Bonchev–Trinajstić information content (AvgIpc) is 3.97. The van der Waals surface area contributed by atoms with Gasteiger partial charge in [0.05, 0.1) is 6.61 Å². The van der Waals surface area contributed by atoms with Crippen LogP contribution < -0.4 is 0 Å². The molecule has 4 heterocycles. The monoisotopic (exact) mass is 770 g/mol. The first-order chi connectivity index (χ1) is 25.6. The topological polar surface area (TPSA) is 20.2 Å². The Morgan fingerprint density at radius 2 is 0.865 bits per heavy atom. The summed E-state index contributed by atoms with van der Waals surface area (Å²) in [7, 11) is 0. The molecule has 1 N–H and O–H groups in total. The molecule has 0 aliphatic rings. The van der Waals surface area contributed by atoms with Crippen LogP contribution in [-0.2, 0) is 32.3 Å². The largest absolute Gasteiger partial charge is 0.391 e. The summed E-state index contributed by atoms with van der Waals surface area (Å²) in [6, 6.07) is 9.63. The zero-order chi connectivity index (χ0) is 36.3. The normalized spacial score (nSPS) is 12.3. The zero-order valence-corrected chi connectivity index (χ0v) is 35.7. The highest BCUT2D eigenvalue weighted by molar-refractivity contribution is 7.22. The van der Waals surface area contributed by atoms with Crippen molar-refractivity contribution in [2.45, 2.75) is 163 Å². The molecule has 6 rings (SSSR count). The molecule has 280 valence electrons. The minimum absolute atomic E-state index is 0.128. The lowest BCUT2D eigenvalue weighted by Gasteiger charge is -2.13. The summed E-state index contributed by atoms with van der Waals surface area (Å²) >= 11 is 7.84. The van der Waals surface area contributed by atoms with E-state index in [0.29, 0.717) is 0 Å². The first kappa shape index (κ1) is 39.7. The molecule has 0 aliphatic heterocycles. The summed E-state index contributed by atoms with van der Waals surface area (Å²) in [5, 5.41) is 18.3. The van der Waals surface area contributed by atoms with Crippen molar-refractivity contribution in [1.82, 2.24) is 0 Å². The average molecular weight is 771 g/mol. The Labute approximate surface area is 330 Å². The number of aliphatic hydroxyl groups excluding tert-OH is 1. The van der Waals surface area contributed by atoms with Crippen LogP contribution in [0.2, 0.25) is 0 Å². The third kappa shape index (κ3) is 9.25. The quantitative estimate of drug-likeness (QED) is 0.0643. The molecule has 0 atom stereocenters. The minimum Gasteiger partial charge on any atom is -0.391 e. The fraction of sp³-hybridized carbons (Fsp3) is 0.532. The fourth-order valence-electron chi connectivity index (χ4n) is 8.22. The maximum absolute atomic E-state index is 10.2. The molecule has 0 bridgehead atoms. The number of unbranched alkanes of at least 4 members (excludes halogenated alkanes) is 12. The van der Waals surface area contributed by atoms with E-state index in [0.717, 1.165) is 11.3 Å². The first-order valence-corrected chi connectivity index (χ1v) is 24.2. The van der Waals surface area contributed by atoms with Gasteiger partial charge in [-0.25, -0.2) is 0 Å². The van der Waals surface area contributed by atoms with Gasteiger partial charge in [-0.05, 0) is 115 Å². The summed E-state index contributed by atoms with van der Waals surface area (Å²) in [5.41, 5.74) is 6.50. The lowest BCUT2D eigenvalue weighted by Crippen LogP contribution is -1.97. The van der Waals surface area contributed by atoms with E-state index in [9.17, 15) is 5.11 Å². The van der Waals surface area contributed by atoms with Crippen LogP contribution in [0.4, 0.5) is 0 Å². The molecule has 52 heavy (non-hydrogen) atoms. The molecule has 1 nitrogen and oxygen atoms in total. The van der Waals surface area contributed by atoms with Crippen LogP contribution in [-0.4, -0.2) is 5.11 Å². The van der Waals surface area contributed by atoms with Crippen LogP contribution in [0, 0.1) is 0 Å². The van der Waals surface area contributed by atoms with Crippen molar-refractivity contribution in [3.63, 3.8) is 0 Å². The molecule has 0 spiro atoms. The van der Waals surface area contributed by atoms with Gasteiger partial charge in [-0.15, -0.1) is 45.3 Å². The van der Waals surface area contributed by atoms with Gasteiger partial charge in [0.2, 0.25) is 0 Å². The predicted molar refractivity (Wildman–Crippen MR) is 241 cm³/mol. The summed E-state index contributed by atoms with van der Waals surface area (Å²) in [4.78, 5) is 3.82. The summed E-state index contributed by atoms with van der Waals surface area (Å²) in [5.74, 6) is 0. The molecule has 6 aromatic rings. The third-order valence-corrected chi connectivity index (χ3v) is 15.5. The zero-order valence-electron chi connectivity index (χ0n) is 32.5. The van der Waals surface area contributed by atoms with E-state index >= 15 is 0 Å². The molecule has 0 fully saturated rings. The van der Waals surface area contributed by atoms with E-state index < -0.39 is 0 Å². The smallest absolute Gasteiger partial charge is 0.0774 e. The maximum atomic E-state index is 10.2. The fourth-order valence-corrected chi connectivity index (χ4v) is 12.7. The first-order valence-electron chi connectivity index (χ1n) is 20.8. The predicted octanol–water partition coefficient (Wildman–Crippen LogP) is 16.7. The Kier molecular flexibility index (Phi) is 15.3. The van der Waals surface area contributed by atoms with Gasteiger partial charge in [-0.2, -0.15) is 0 Å². The van der Waals surface area contributed by atoms with E-state index in [1.807, 2.05) is 45.3 Å². The standard InChI is InChI=1S/C47H62OS4/c1-5-9-13-17-21-36-37(22-18-14-10-6-2)45-41(40-27-28-49-44(36)40)29-33(50-45)25-26-34-30-42-43-31-35(32-48)52-47(43)39(24-20-16-12-8-4)38(46(42)51-34)23-19-15-11-7-3/h25-31,48H,5-24,32H2,1-4H3/b26-25+. The minimum atomic E-state index is 0.128. The van der Waals surface area contributed by atoms with Gasteiger partial charge in [0.25, 0.3) is 0 Å². The van der Waals surface area contributed by atoms with Crippen LogP contribution in [0.15, 0.2) is 29.6 Å². The lowest BCUT2D eigenvalue weighted by atomic mass is 9.93. The molecule has 0 aliphatic carbocycles. The van der Waals surface area contributed by atoms with Crippen molar-refractivity contribution in [3.8, 4) is 0 Å². The number of hydrogen-bond donors (Lipinski definition) is 1. The lowest BCUT2D eigenvalue weighted by molar-refractivity contribution is 0.285. The SMILES string of the molecule is CCCCCCc1c(CCCCCC)c2sc(/C=C/c3cc4c(s3)c(CCCCCC)c(CCCCCC)c3sc(CO)cc34)cc2c2ccsc12. The van der Waals surface area contributed by atoms with E-state index in [4.69, 9.17) is 0 Å². The van der Waals surface area contributed by atoms with E-state index in [-0.39, 0.29) is 6.61 Å². The van der Waals surface area contributed by atoms with Crippen LogP contribution in [0.1, 0.15) is 167 Å². The van der Waals surface area contributed by atoms with Crippen LogP contribution in [0.3, 0.4) is 0 Å². The number of aryl methyl sites for hydroxylation is 4. The van der Waals surface area contributed by atoms with Gasteiger partial charge in [-0.1, -0.05) is 105 Å². The van der Waals surface area contributed by atoms with Gasteiger partial charge in [0.15, 0.2) is 0 Å². The number of rotatable bonds is 23. The molecule has 0 amide bonds. The number of hydrogen-bond acceptors (Lipinski definition) is 5. The number of aliphatic hydroxyl groups is 1. The third-order valence-electron chi connectivity index (χ3n) is 11.0. The highest BCUT2D eigenvalue weighted by Crippen LogP contribution is 2.45. The van der Waals surface area contributed by atoms with Crippen molar-refractivity contribution in [2.75, 3.05) is 0 Å². The van der Waals surface area contributed by atoms with Gasteiger partial charge in [0.1, 0.15) is 0 Å². The number of thiophene rings is 4. The van der Waals surface area contributed by atoms with Crippen molar-refractivity contribution in [3.05, 3.63) is 66.5 Å². The highest BCUT2D eigenvalue weighted by atomic mass is 32.1. The Bertz CT molecular complexity index is 2050. The maximum Gasteiger partial charge on any atom is 0.0774 e. The highest BCUT2D eigenvalue weighted by Gasteiger charge is 2.20. The van der Waals surface area contributed by atoms with Gasteiger partial charge in [-0.3, -0.25) is 0 Å². The number of benzene rings is 2. The van der Waals surface area contributed by atoms with Crippen molar-refractivity contribution in [1.29, 1.82) is 0 Å². The molecule has 0 saturated heterocycles. The van der Waals surface area contributed by atoms with E-state index in [1.165, 1.54) is 163 Å². The molecule has 4 aromatic heterocycles. The molecule has 0 radical (unpaired) electrons. The van der Waals surface area contributed by atoms with Crippen molar-refractivity contribution >= 4 is 97.8 Å². The Hall–Kier alpha value is -2.02. The van der Waals surface area contributed by atoms with E-state index in [1.54, 1.807) is 31.7 Å². The van der Waals surface area contributed by atoms with Gasteiger partial charge < -0.3 is 5.11 Å². The number of fused-ring (bicyclic) bond motifs is 6. The molecule has 5 heteroatoms. The molecule has 0 unspecified atom stereocenters. The van der Waals surface area contributed by atoms with Gasteiger partial charge >= 0.3 is 0 Å². The van der Waals surface area contributed by atoms with Crippen molar-refractivity contribution in [2.24, 2.45) is 0 Å². The molecular formula is C47H62OS4. The van der Waals surface area contributed by atoms with Crippen molar-refractivity contribution < 1.29 is 5.11 Å². The second kappa shape index (κ2) is 20.1. The second-order valence-electron chi connectivity index (χ2n) is 15.1. The molecule has 0 saturated carbocycles. The van der Waals surface area contributed by atoms with Crippen LogP contribution in [0.25, 0.3) is 52.5 Å². The Morgan fingerprint density at radius 3 is 1.31 bits per heavy atom.